The lowest BCUT2D eigenvalue weighted by Crippen LogP contribution is -2.26. The van der Waals surface area contributed by atoms with Crippen LogP contribution in [0.2, 0.25) is 5.02 Å². The number of halogens is 2. The maximum absolute atomic E-state index is 13.3. The van der Waals surface area contributed by atoms with Gasteiger partial charge in [-0.25, -0.2) is 4.68 Å². The molecule has 1 amide bonds. The van der Waals surface area contributed by atoms with E-state index in [0.29, 0.717) is 22.9 Å². The van der Waals surface area contributed by atoms with Crippen molar-refractivity contribution in [1.82, 2.24) is 9.36 Å². The van der Waals surface area contributed by atoms with Gasteiger partial charge in [0.1, 0.15) is 5.56 Å². The van der Waals surface area contributed by atoms with Crippen molar-refractivity contribution >= 4 is 50.9 Å². The van der Waals surface area contributed by atoms with Gasteiger partial charge in [-0.1, -0.05) is 45.7 Å². The molecule has 8 heteroatoms. The van der Waals surface area contributed by atoms with Crippen molar-refractivity contribution in [2.75, 3.05) is 11.6 Å². The molecule has 162 valence electrons. The number of benzene rings is 3. The summed E-state index contributed by atoms with van der Waals surface area (Å²) in [6, 6.07) is 22.2. The summed E-state index contributed by atoms with van der Waals surface area (Å²) in [6.07, 6.45) is 3.55. The first kappa shape index (κ1) is 22.5. The topological polar surface area (TPSA) is 56.0 Å². The summed E-state index contributed by atoms with van der Waals surface area (Å²) in [5, 5.41) is 3.41. The molecule has 0 atom stereocenters. The first-order valence-electron chi connectivity index (χ1n) is 9.73. The van der Waals surface area contributed by atoms with E-state index in [-0.39, 0.29) is 5.56 Å². The van der Waals surface area contributed by atoms with Crippen LogP contribution in [0.3, 0.4) is 0 Å². The first-order valence-corrected chi connectivity index (χ1v) is 12.1. The molecule has 0 bridgehead atoms. The summed E-state index contributed by atoms with van der Waals surface area (Å²) in [5.74, 6) is -0.462. The maximum atomic E-state index is 13.3. The van der Waals surface area contributed by atoms with Crippen LogP contribution in [0.1, 0.15) is 15.9 Å². The molecule has 0 fully saturated rings. The zero-order chi connectivity index (χ0) is 22.7. The second-order valence-corrected chi connectivity index (χ2v) is 9.21. The molecular formula is C24H19BrClN3O2S. The minimum atomic E-state index is -0.462. The highest BCUT2D eigenvalue weighted by molar-refractivity contribution is 9.10. The molecule has 0 spiro atoms. The van der Waals surface area contributed by atoms with Gasteiger partial charge in [0.05, 0.1) is 12.2 Å². The molecule has 0 unspecified atom stereocenters. The fraction of sp³-hybridized carbons (Fsp3) is 0.0833. The van der Waals surface area contributed by atoms with Crippen LogP contribution in [0.4, 0.5) is 5.69 Å². The fourth-order valence-electron chi connectivity index (χ4n) is 3.29. The molecule has 0 radical (unpaired) electrons. The SMILES string of the molecule is CSc1ccc(NC(=O)c2cn(Cc3ccccc3Cl)n(-c3ccc(Br)cc3)c2=O)cc1. The van der Waals surface area contributed by atoms with Crippen LogP contribution >= 0.6 is 39.3 Å². The standard InChI is InChI=1S/C24H19BrClN3O2S/c1-32-20-12-8-18(9-13-20)27-23(30)21-15-28(14-16-4-2-3-5-22(16)26)29(24(21)31)19-10-6-17(25)7-11-19/h2-13,15H,14H2,1H3,(H,27,30). The van der Waals surface area contributed by atoms with Gasteiger partial charge in [-0.2, -0.15) is 0 Å². The Balaban J connectivity index is 1.74. The second kappa shape index (κ2) is 9.81. The summed E-state index contributed by atoms with van der Waals surface area (Å²) in [7, 11) is 0. The van der Waals surface area contributed by atoms with Gasteiger partial charge >= 0.3 is 0 Å². The predicted octanol–water partition coefficient (Wildman–Crippen LogP) is 6.08. The number of amides is 1. The Morgan fingerprint density at radius 2 is 1.72 bits per heavy atom. The maximum Gasteiger partial charge on any atom is 0.284 e. The molecule has 3 aromatic carbocycles. The molecule has 0 saturated heterocycles. The lowest BCUT2D eigenvalue weighted by atomic mass is 10.2. The van der Waals surface area contributed by atoms with Crippen LogP contribution < -0.4 is 10.9 Å². The average Bonchev–Trinajstić information content (AvgIpc) is 3.12. The molecule has 0 aliphatic rings. The third kappa shape index (κ3) is 4.85. The number of rotatable bonds is 6. The number of aromatic nitrogens is 2. The van der Waals surface area contributed by atoms with Crippen molar-refractivity contribution in [2.24, 2.45) is 0 Å². The zero-order valence-electron chi connectivity index (χ0n) is 17.1. The smallest absolute Gasteiger partial charge is 0.284 e. The van der Waals surface area contributed by atoms with Crippen molar-refractivity contribution in [1.29, 1.82) is 0 Å². The Bertz CT molecular complexity index is 1310. The van der Waals surface area contributed by atoms with Gasteiger partial charge < -0.3 is 5.32 Å². The number of hydrogen-bond acceptors (Lipinski definition) is 3. The summed E-state index contributed by atoms with van der Waals surface area (Å²) < 4.78 is 4.09. The third-order valence-electron chi connectivity index (χ3n) is 4.91. The van der Waals surface area contributed by atoms with E-state index in [1.807, 2.05) is 73.0 Å². The number of thioether (sulfide) groups is 1. The van der Waals surface area contributed by atoms with E-state index >= 15 is 0 Å². The van der Waals surface area contributed by atoms with Crippen LogP contribution in [-0.2, 0) is 6.54 Å². The highest BCUT2D eigenvalue weighted by atomic mass is 79.9. The Labute approximate surface area is 203 Å². The van der Waals surface area contributed by atoms with Crippen molar-refractivity contribution in [2.45, 2.75) is 11.4 Å². The molecule has 1 N–H and O–H groups in total. The zero-order valence-corrected chi connectivity index (χ0v) is 20.2. The number of carbonyl (C=O) groups excluding carboxylic acids is 1. The van der Waals surface area contributed by atoms with Crippen molar-refractivity contribution in [3.8, 4) is 5.69 Å². The van der Waals surface area contributed by atoms with Gasteiger partial charge in [0.25, 0.3) is 11.5 Å². The van der Waals surface area contributed by atoms with E-state index in [4.69, 9.17) is 11.6 Å². The van der Waals surface area contributed by atoms with E-state index < -0.39 is 11.5 Å². The van der Waals surface area contributed by atoms with Gasteiger partial charge in [-0.15, -0.1) is 11.8 Å². The van der Waals surface area contributed by atoms with E-state index in [2.05, 4.69) is 21.2 Å². The Kier molecular flexibility index (Phi) is 6.89. The first-order chi connectivity index (χ1) is 15.5. The normalized spacial score (nSPS) is 10.8. The Morgan fingerprint density at radius 1 is 1.03 bits per heavy atom. The van der Waals surface area contributed by atoms with Crippen LogP contribution in [0, 0.1) is 0 Å². The monoisotopic (exact) mass is 527 g/mol. The molecule has 1 heterocycles. The molecule has 32 heavy (non-hydrogen) atoms. The van der Waals surface area contributed by atoms with Crippen LogP contribution in [0.5, 0.6) is 0 Å². The van der Waals surface area contributed by atoms with Gasteiger partial charge in [0, 0.05) is 26.3 Å². The minimum absolute atomic E-state index is 0.0499. The highest BCUT2D eigenvalue weighted by Gasteiger charge is 2.20. The highest BCUT2D eigenvalue weighted by Crippen LogP contribution is 2.20. The summed E-state index contributed by atoms with van der Waals surface area (Å²) in [6.45, 7) is 0.334. The lowest BCUT2D eigenvalue weighted by molar-refractivity contribution is 0.102. The molecule has 0 saturated carbocycles. The predicted molar refractivity (Wildman–Crippen MR) is 134 cm³/mol. The molecule has 0 aliphatic heterocycles. The molecule has 4 aromatic rings. The van der Waals surface area contributed by atoms with E-state index in [1.54, 1.807) is 28.7 Å². The lowest BCUT2D eigenvalue weighted by Gasteiger charge is -2.12. The number of nitrogens with one attached hydrogen (secondary N) is 1. The van der Waals surface area contributed by atoms with E-state index in [1.165, 1.54) is 4.68 Å². The van der Waals surface area contributed by atoms with Crippen molar-refractivity contribution in [3.63, 3.8) is 0 Å². The Hall–Kier alpha value is -2.74. The average molecular weight is 529 g/mol. The molecule has 4 rings (SSSR count). The van der Waals surface area contributed by atoms with Gasteiger partial charge in [-0.05, 0) is 66.4 Å². The number of nitrogens with zero attached hydrogens (tertiary/aromatic N) is 2. The molecule has 5 nitrogen and oxygen atoms in total. The number of hydrogen-bond donors (Lipinski definition) is 1. The third-order valence-corrected chi connectivity index (χ3v) is 6.55. The van der Waals surface area contributed by atoms with E-state index in [0.717, 1.165) is 14.9 Å². The second-order valence-electron chi connectivity index (χ2n) is 7.01. The van der Waals surface area contributed by atoms with Crippen LogP contribution in [-0.4, -0.2) is 21.5 Å². The van der Waals surface area contributed by atoms with Gasteiger partial charge in [0.15, 0.2) is 0 Å². The van der Waals surface area contributed by atoms with E-state index in [9.17, 15) is 9.59 Å². The molecule has 0 aliphatic carbocycles. The summed E-state index contributed by atoms with van der Waals surface area (Å²) in [5.41, 5.74) is 1.76. The number of anilines is 1. The minimum Gasteiger partial charge on any atom is -0.322 e. The van der Waals surface area contributed by atoms with Crippen molar-refractivity contribution < 1.29 is 4.79 Å². The molecular weight excluding hydrogens is 510 g/mol. The van der Waals surface area contributed by atoms with Crippen LogP contribution in [0.15, 0.2) is 93.2 Å². The quantitative estimate of drug-likeness (QED) is 0.309. The largest absolute Gasteiger partial charge is 0.322 e. The molecule has 1 aromatic heterocycles. The van der Waals surface area contributed by atoms with Gasteiger partial charge in [-0.3, -0.25) is 14.3 Å². The van der Waals surface area contributed by atoms with Crippen LogP contribution in [0.25, 0.3) is 5.69 Å². The fourth-order valence-corrected chi connectivity index (χ4v) is 4.15. The van der Waals surface area contributed by atoms with Gasteiger partial charge in [0.2, 0.25) is 0 Å². The Morgan fingerprint density at radius 3 is 2.38 bits per heavy atom. The number of carbonyl (C=O) groups is 1. The van der Waals surface area contributed by atoms with Crippen molar-refractivity contribution in [3.05, 3.63) is 110 Å². The summed E-state index contributed by atoms with van der Waals surface area (Å²) >= 11 is 11.4. The summed E-state index contributed by atoms with van der Waals surface area (Å²) in [4.78, 5) is 27.4.